The van der Waals surface area contributed by atoms with Crippen molar-refractivity contribution in [3.05, 3.63) is 77.0 Å². The standard InChI is InChI=1S/C23H20ClN7O/c1-14(13-30-9-7-20(29-30)16-5-6-17(11-25)19(24)10-16)31-21(22(26)32)15(2)28-23(31)18-4-3-8-27-12-18/h3-10,12,14H,13H2,1-2H3,(H2,26,32)/t14-/m0/s1. The lowest BCUT2D eigenvalue weighted by atomic mass is 10.1. The first-order chi connectivity index (χ1) is 15.4. The number of primary amides is 1. The summed E-state index contributed by atoms with van der Waals surface area (Å²) in [6.45, 7) is 4.23. The minimum atomic E-state index is -0.537. The van der Waals surface area contributed by atoms with Crippen molar-refractivity contribution in [3.8, 4) is 28.7 Å². The van der Waals surface area contributed by atoms with Gasteiger partial charge in [-0.15, -0.1) is 0 Å². The largest absolute Gasteiger partial charge is 0.364 e. The number of aromatic nitrogens is 5. The minimum Gasteiger partial charge on any atom is -0.364 e. The molecular formula is C23H20ClN7O. The van der Waals surface area contributed by atoms with Crippen LogP contribution in [0, 0.1) is 18.3 Å². The van der Waals surface area contributed by atoms with Crippen LogP contribution in [0.2, 0.25) is 5.02 Å². The molecule has 0 aliphatic carbocycles. The van der Waals surface area contributed by atoms with E-state index in [4.69, 9.17) is 22.6 Å². The lowest BCUT2D eigenvalue weighted by Crippen LogP contribution is -2.23. The van der Waals surface area contributed by atoms with E-state index in [2.05, 4.69) is 21.1 Å². The van der Waals surface area contributed by atoms with E-state index in [1.54, 1.807) is 36.1 Å². The molecule has 0 spiro atoms. The second-order valence-electron chi connectivity index (χ2n) is 7.42. The van der Waals surface area contributed by atoms with Gasteiger partial charge in [-0.2, -0.15) is 10.4 Å². The van der Waals surface area contributed by atoms with Gasteiger partial charge in [0.2, 0.25) is 0 Å². The van der Waals surface area contributed by atoms with Crippen molar-refractivity contribution in [1.82, 2.24) is 24.3 Å². The molecule has 0 aliphatic heterocycles. The third-order valence-electron chi connectivity index (χ3n) is 5.16. The number of amides is 1. The molecular weight excluding hydrogens is 426 g/mol. The Bertz CT molecular complexity index is 1330. The van der Waals surface area contributed by atoms with Crippen LogP contribution in [0.15, 0.2) is 55.0 Å². The number of aryl methyl sites for hydroxylation is 1. The van der Waals surface area contributed by atoms with Crippen LogP contribution < -0.4 is 5.73 Å². The number of hydrogen-bond donors (Lipinski definition) is 1. The summed E-state index contributed by atoms with van der Waals surface area (Å²) in [6.07, 6.45) is 5.24. The monoisotopic (exact) mass is 445 g/mol. The number of nitrogens with two attached hydrogens (primary N) is 1. The van der Waals surface area contributed by atoms with Gasteiger partial charge in [0.1, 0.15) is 17.6 Å². The maximum absolute atomic E-state index is 12.2. The number of halogens is 1. The van der Waals surface area contributed by atoms with Crippen molar-refractivity contribution in [2.24, 2.45) is 5.73 Å². The van der Waals surface area contributed by atoms with Gasteiger partial charge in [0, 0.05) is 29.7 Å². The van der Waals surface area contributed by atoms with E-state index >= 15 is 0 Å². The highest BCUT2D eigenvalue weighted by Crippen LogP contribution is 2.28. The first-order valence-corrected chi connectivity index (χ1v) is 10.3. The molecule has 1 aromatic carbocycles. The predicted octanol–water partition coefficient (Wildman–Crippen LogP) is 4.00. The zero-order valence-electron chi connectivity index (χ0n) is 17.5. The Balaban J connectivity index is 1.67. The smallest absolute Gasteiger partial charge is 0.267 e. The van der Waals surface area contributed by atoms with Gasteiger partial charge in [-0.1, -0.05) is 17.7 Å². The fourth-order valence-corrected chi connectivity index (χ4v) is 3.93. The van der Waals surface area contributed by atoms with Crippen molar-refractivity contribution >= 4 is 17.5 Å². The van der Waals surface area contributed by atoms with Crippen LogP contribution >= 0.6 is 11.6 Å². The van der Waals surface area contributed by atoms with E-state index in [1.807, 2.05) is 42.0 Å². The Kier molecular flexibility index (Phi) is 5.75. The molecule has 2 N–H and O–H groups in total. The average Bonchev–Trinajstić information content (AvgIpc) is 3.38. The second-order valence-corrected chi connectivity index (χ2v) is 7.83. The van der Waals surface area contributed by atoms with E-state index < -0.39 is 5.91 Å². The number of rotatable bonds is 6. The van der Waals surface area contributed by atoms with Crippen LogP contribution in [0.4, 0.5) is 0 Å². The molecule has 1 atom stereocenters. The van der Waals surface area contributed by atoms with Crippen molar-refractivity contribution in [1.29, 1.82) is 5.26 Å². The predicted molar refractivity (Wildman–Crippen MR) is 121 cm³/mol. The van der Waals surface area contributed by atoms with Crippen molar-refractivity contribution < 1.29 is 4.79 Å². The molecule has 0 saturated heterocycles. The number of carbonyl (C=O) groups is 1. The van der Waals surface area contributed by atoms with Gasteiger partial charge in [0.05, 0.1) is 34.6 Å². The Morgan fingerprint density at radius 1 is 1.28 bits per heavy atom. The van der Waals surface area contributed by atoms with E-state index in [-0.39, 0.29) is 6.04 Å². The van der Waals surface area contributed by atoms with Crippen LogP contribution in [0.1, 0.15) is 34.7 Å². The molecule has 0 bridgehead atoms. The fraction of sp³-hybridized carbons (Fsp3) is 0.174. The quantitative estimate of drug-likeness (QED) is 0.481. The molecule has 160 valence electrons. The zero-order valence-corrected chi connectivity index (χ0v) is 18.3. The normalized spacial score (nSPS) is 11.8. The summed E-state index contributed by atoms with van der Waals surface area (Å²) in [5, 5.41) is 14.1. The molecule has 3 aromatic heterocycles. The highest BCUT2D eigenvalue weighted by molar-refractivity contribution is 6.32. The molecule has 32 heavy (non-hydrogen) atoms. The lowest BCUT2D eigenvalue weighted by Gasteiger charge is -2.19. The maximum Gasteiger partial charge on any atom is 0.267 e. The maximum atomic E-state index is 12.2. The number of hydrogen-bond acceptors (Lipinski definition) is 5. The number of imidazole rings is 1. The first kappa shape index (κ1) is 21.3. The van der Waals surface area contributed by atoms with Gasteiger partial charge in [-0.3, -0.25) is 14.5 Å². The third-order valence-corrected chi connectivity index (χ3v) is 5.47. The molecule has 4 rings (SSSR count). The van der Waals surface area contributed by atoms with Gasteiger partial charge < -0.3 is 10.3 Å². The summed E-state index contributed by atoms with van der Waals surface area (Å²) < 4.78 is 3.63. The Morgan fingerprint density at radius 2 is 2.09 bits per heavy atom. The summed E-state index contributed by atoms with van der Waals surface area (Å²) in [5.41, 5.74) is 9.37. The van der Waals surface area contributed by atoms with Crippen molar-refractivity contribution in [3.63, 3.8) is 0 Å². The van der Waals surface area contributed by atoms with Crippen LogP contribution in [0.3, 0.4) is 0 Å². The van der Waals surface area contributed by atoms with Crippen LogP contribution in [0.5, 0.6) is 0 Å². The lowest BCUT2D eigenvalue weighted by molar-refractivity contribution is 0.0988. The minimum absolute atomic E-state index is 0.175. The molecule has 8 nitrogen and oxygen atoms in total. The van der Waals surface area contributed by atoms with Crippen LogP contribution in [0.25, 0.3) is 22.6 Å². The Morgan fingerprint density at radius 3 is 2.75 bits per heavy atom. The summed E-state index contributed by atoms with van der Waals surface area (Å²) >= 11 is 6.16. The average molecular weight is 446 g/mol. The molecule has 0 radical (unpaired) electrons. The molecule has 4 aromatic rings. The van der Waals surface area contributed by atoms with E-state index in [9.17, 15) is 4.79 Å². The van der Waals surface area contributed by atoms with Crippen LogP contribution in [-0.2, 0) is 6.54 Å². The Labute approximate surface area is 189 Å². The van der Waals surface area contributed by atoms with E-state index in [0.29, 0.717) is 34.3 Å². The van der Waals surface area contributed by atoms with E-state index in [0.717, 1.165) is 16.8 Å². The van der Waals surface area contributed by atoms with Gasteiger partial charge in [0.25, 0.3) is 5.91 Å². The Hall–Kier alpha value is -3.96. The number of nitriles is 1. The molecule has 0 saturated carbocycles. The van der Waals surface area contributed by atoms with E-state index in [1.165, 1.54) is 0 Å². The number of nitrogens with zero attached hydrogens (tertiary/aromatic N) is 6. The number of carbonyl (C=O) groups excluding carboxylic acids is 1. The SMILES string of the molecule is Cc1nc(-c2cccnc2)n([C@@H](C)Cn2ccc(-c3ccc(C#N)c(Cl)c3)n2)c1C(N)=O. The summed E-state index contributed by atoms with van der Waals surface area (Å²) in [6, 6.07) is 12.7. The highest BCUT2D eigenvalue weighted by Gasteiger charge is 2.24. The second kappa shape index (κ2) is 8.65. The molecule has 0 aliphatic rings. The third kappa shape index (κ3) is 3.98. The van der Waals surface area contributed by atoms with Gasteiger partial charge in [-0.25, -0.2) is 4.98 Å². The van der Waals surface area contributed by atoms with Gasteiger partial charge >= 0.3 is 0 Å². The summed E-state index contributed by atoms with van der Waals surface area (Å²) in [7, 11) is 0. The molecule has 0 unspecified atom stereocenters. The summed E-state index contributed by atoms with van der Waals surface area (Å²) in [5.74, 6) is 0.0912. The van der Waals surface area contributed by atoms with Crippen molar-refractivity contribution in [2.75, 3.05) is 0 Å². The topological polar surface area (TPSA) is 115 Å². The molecule has 9 heteroatoms. The van der Waals surface area contributed by atoms with Crippen molar-refractivity contribution in [2.45, 2.75) is 26.4 Å². The van der Waals surface area contributed by atoms with Crippen LogP contribution in [-0.4, -0.2) is 30.2 Å². The first-order valence-electron chi connectivity index (χ1n) is 9.91. The summed E-state index contributed by atoms with van der Waals surface area (Å²) in [4.78, 5) is 21.0. The number of pyridine rings is 1. The molecule has 1 amide bonds. The zero-order chi connectivity index (χ0) is 22.8. The molecule has 0 fully saturated rings. The highest BCUT2D eigenvalue weighted by atomic mass is 35.5. The van der Waals surface area contributed by atoms with Gasteiger partial charge in [0.15, 0.2) is 0 Å². The number of benzene rings is 1. The fourth-order valence-electron chi connectivity index (χ4n) is 3.71. The van der Waals surface area contributed by atoms with Gasteiger partial charge in [-0.05, 0) is 44.2 Å². The molecule has 3 heterocycles.